The summed E-state index contributed by atoms with van der Waals surface area (Å²) in [7, 11) is 0. The highest BCUT2D eigenvalue weighted by atomic mass is 32.2. The van der Waals surface area contributed by atoms with Crippen LogP contribution in [0.5, 0.6) is 0 Å². The highest BCUT2D eigenvalue weighted by Crippen LogP contribution is 2.67. The Kier molecular flexibility index (Phi) is 5.38. The fourth-order valence-corrected chi connectivity index (χ4v) is 5.98. The molecule has 2 aliphatic rings. The second-order valence-electron chi connectivity index (χ2n) is 8.82. The van der Waals surface area contributed by atoms with E-state index in [1.165, 1.54) is 6.07 Å². The molecule has 162 valence electrons. The molecule has 6 heteroatoms. The van der Waals surface area contributed by atoms with E-state index < -0.39 is 5.41 Å². The van der Waals surface area contributed by atoms with Crippen LogP contribution >= 0.6 is 11.8 Å². The van der Waals surface area contributed by atoms with Crippen LogP contribution in [0.2, 0.25) is 0 Å². The topological polar surface area (TPSA) is 81.1 Å². The summed E-state index contributed by atoms with van der Waals surface area (Å²) >= 11 is 1.59. The maximum absolute atomic E-state index is 14.2. The third kappa shape index (κ3) is 3.16. The van der Waals surface area contributed by atoms with Gasteiger partial charge in [0.1, 0.15) is 5.82 Å². The molecule has 0 radical (unpaired) electrons. The van der Waals surface area contributed by atoms with E-state index in [2.05, 4.69) is 19.2 Å². The molecule has 2 atom stereocenters. The molecule has 4 nitrogen and oxygen atoms in total. The molecular formula is C25H28FN3OS. The van der Waals surface area contributed by atoms with E-state index in [1.807, 2.05) is 30.5 Å². The molecule has 2 aliphatic carbocycles. The minimum atomic E-state index is -0.829. The highest BCUT2D eigenvalue weighted by molar-refractivity contribution is 7.98. The summed E-state index contributed by atoms with van der Waals surface area (Å²) in [5, 5.41) is 3.14. The van der Waals surface area contributed by atoms with E-state index in [-0.39, 0.29) is 23.1 Å². The van der Waals surface area contributed by atoms with Crippen molar-refractivity contribution in [1.29, 1.82) is 0 Å². The van der Waals surface area contributed by atoms with Crippen molar-refractivity contribution in [2.24, 2.45) is 28.2 Å². The summed E-state index contributed by atoms with van der Waals surface area (Å²) in [6.45, 7) is 4.19. The van der Waals surface area contributed by atoms with Crippen molar-refractivity contribution in [2.45, 2.75) is 31.6 Å². The van der Waals surface area contributed by atoms with Crippen molar-refractivity contribution >= 4 is 29.1 Å². The smallest absolute Gasteiger partial charge is 0.237 e. The van der Waals surface area contributed by atoms with Crippen molar-refractivity contribution in [3.63, 3.8) is 0 Å². The first-order chi connectivity index (χ1) is 14.7. The largest absolute Gasteiger partial charge is 0.401 e. The van der Waals surface area contributed by atoms with Crippen LogP contribution in [0.4, 0.5) is 10.1 Å². The number of hydrogen-bond acceptors (Lipinski definition) is 4. The highest BCUT2D eigenvalue weighted by Gasteiger charge is 2.66. The number of allylic oxidation sites excluding steroid dienone is 2. The summed E-state index contributed by atoms with van der Waals surface area (Å²) < 4.78 is 14.2. The zero-order chi connectivity index (χ0) is 22.4. The molecule has 0 aromatic heterocycles. The van der Waals surface area contributed by atoms with Crippen molar-refractivity contribution in [1.82, 2.24) is 0 Å². The van der Waals surface area contributed by atoms with E-state index in [4.69, 9.17) is 11.5 Å². The first-order valence-corrected chi connectivity index (χ1v) is 11.6. The Morgan fingerprint density at radius 1 is 1.19 bits per heavy atom. The van der Waals surface area contributed by atoms with Gasteiger partial charge in [0.2, 0.25) is 5.91 Å². The standard InChI is InChI=1S/C25H28FN3OS/c1-24(2)17-12-13-25(24,23(30)29-20-10-6-7-11-21(20)31-3)22(28)16(17)14-19(27)15-8-4-5-9-18(15)26/h4-11,14,17H,12-13,27-28H2,1-3H3,(H,29,30)/b19-14-. The molecule has 0 aliphatic heterocycles. The number of carbonyl (C=O) groups is 1. The molecule has 2 unspecified atom stereocenters. The van der Waals surface area contributed by atoms with Crippen LogP contribution in [0.15, 0.2) is 70.8 Å². The van der Waals surface area contributed by atoms with Crippen LogP contribution in [0.3, 0.4) is 0 Å². The first kappa shape index (κ1) is 21.5. The fraction of sp³-hybridized carbons (Fsp3) is 0.320. The lowest BCUT2D eigenvalue weighted by Gasteiger charge is -2.38. The molecule has 2 aromatic carbocycles. The van der Waals surface area contributed by atoms with Crippen LogP contribution in [-0.2, 0) is 4.79 Å². The van der Waals surface area contributed by atoms with Crippen LogP contribution in [0.1, 0.15) is 32.3 Å². The van der Waals surface area contributed by atoms with Gasteiger partial charge in [-0.25, -0.2) is 4.39 Å². The predicted octanol–water partition coefficient (Wildman–Crippen LogP) is 5.13. The minimum Gasteiger partial charge on any atom is -0.401 e. The van der Waals surface area contributed by atoms with Crippen molar-refractivity contribution in [3.8, 4) is 0 Å². The lowest BCUT2D eigenvalue weighted by molar-refractivity contribution is -0.127. The number of halogens is 1. The Balaban J connectivity index is 1.75. The molecule has 1 saturated carbocycles. The van der Waals surface area contributed by atoms with Gasteiger partial charge in [-0.3, -0.25) is 4.79 Å². The minimum absolute atomic E-state index is 0.0827. The van der Waals surface area contributed by atoms with Crippen LogP contribution < -0.4 is 16.8 Å². The molecule has 0 saturated heterocycles. The molecule has 4 rings (SSSR count). The number of rotatable bonds is 5. The number of hydrogen-bond donors (Lipinski definition) is 3. The third-order valence-electron chi connectivity index (χ3n) is 7.16. The van der Waals surface area contributed by atoms with Gasteiger partial charge >= 0.3 is 0 Å². The monoisotopic (exact) mass is 437 g/mol. The van der Waals surface area contributed by atoms with Gasteiger partial charge in [0.15, 0.2) is 0 Å². The van der Waals surface area contributed by atoms with Crippen molar-refractivity contribution in [3.05, 3.63) is 77.3 Å². The van der Waals surface area contributed by atoms with Gasteiger partial charge < -0.3 is 16.8 Å². The molecule has 31 heavy (non-hydrogen) atoms. The molecular weight excluding hydrogens is 409 g/mol. The lowest BCUT2D eigenvalue weighted by Crippen LogP contribution is -2.46. The number of fused-ring (bicyclic) bond motifs is 2. The normalized spacial score (nSPS) is 24.5. The maximum atomic E-state index is 14.2. The lowest BCUT2D eigenvalue weighted by atomic mass is 9.67. The van der Waals surface area contributed by atoms with Crippen LogP contribution in [0, 0.1) is 22.6 Å². The number of nitrogens with one attached hydrogen (secondary N) is 1. The Labute approximate surface area is 187 Å². The zero-order valence-electron chi connectivity index (χ0n) is 18.0. The summed E-state index contributed by atoms with van der Waals surface area (Å²) in [6, 6.07) is 14.2. The van der Waals surface area contributed by atoms with E-state index in [0.717, 1.165) is 22.6 Å². The Morgan fingerprint density at radius 3 is 2.58 bits per heavy atom. The van der Waals surface area contributed by atoms with E-state index >= 15 is 0 Å². The number of thioether (sulfide) groups is 1. The van der Waals surface area contributed by atoms with E-state index in [0.29, 0.717) is 23.4 Å². The fourth-order valence-electron chi connectivity index (χ4n) is 5.43. The van der Waals surface area contributed by atoms with Gasteiger partial charge in [0, 0.05) is 21.9 Å². The third-order valence-corrected chi connectivity index (χ3v) is 7.96. The Hall–Kier alpha value is -2.73. The SMILES string of the molecule is CSc1ccccc1NC(=O)C12CCC(C(/C=C(\N)c3ccccc3F)=C1N)C2(C)C. The Bertz CT molecular complexity index is 1110. The number of amides is 1. The van der Waals surface area contributed by atoms with Gasteiger partial charge in [0.05, 0.1) is 11.1 Å². The summed E-state index contributed by atoms with van der Waals surface area (Å²) in [4.78, 5) is 14.7. The summed E-state index contributed by atoms with van der Waals surface area (Å²) in [6.07, 6.45) is 5.27. The number of anilines is 1. The van der Waals surface area contributed by atoms with Gasteiger partial charge in [-0.05, 0) is 66.3 Å². The van der Waals surface area contributed by atoms with Gasteiger partial charge in [0.25, 0.3) is 0 Å². The molecule has 2 aromatic rings. The van der Waals surface area contributed by atoms with E-state index in [1.54, 1.807) is 36.0 Å². The van der Waals surface area contributed by atoms with Gasteiger partial charge in [-0.15, -0.1) is 11.8 Å². The summed E-state index contributed by atoms with van der Waals surface area (Å²) in [5.74, 6) is -0.384. The second-order valence-corrected chi connectivity index (χ2v) is 9.67. The number of benzene rings is 2. The number of para-hydroxylation sites is 1. The number of carbonyl (C=O) groups excluding carboxylic acids is 1. The number of nitrogens with two attached hydrogens (primary N) is 2. The Morgan fingerprint density at radius 2 is 1.87 bits per heavy atom. The average Bonchev–Trinajstić information content (AvgIpc) is 3.10. The predicted molar refractivity (Wildman–Crippen MR) is 126 cm³/mol. The van der Waals surface area contributed by atoms with Crippen LogP contribution in [0.25, 0.3) is 5.70 Å². The average molecular weight is 438 g/mol. The second kappa shape index (κ2) is 7.75. The molecule has 1 fully saturated rings. The summed E-state index contributed by atoms with van der Waals surface area (Å²) in [5.41, 5.74) is 14.6. The van der Waals surface area contributed by atoms with Gasteiger partial charge in [-0.2, -0.15) is 0 Å². The molecule has 2 bridgehead atoms. The van der Waals surface area contributed by atoms with E-state index in [9.17, 15) is 9.18 Å². The maximum Gasteiger partial charge on any atom is 0.237 e. The quantitative estimate of drug-likeness (QED) is 0.566. The molecule has 5 N–H and O–H groups in total. The van der Waals surface area contributed by atoms with Crippen molar-refractivity contribution < 1.29 is 9.18 Å². The van der Waals surface area contributed by atoms with Gasteiger partial charge in [-0.1, -0.05) is 38.1 Å². The first-order valence-electron chi connectivity index (χ1n) is 10.4. The zero-order valence-corrected chi connectivity index (χ0v) is 18.9. The molecule has 0 spiro atoms. The molecule has 0 heterocycles. The van der Waals surface area contributed by atoms with Crippen LogP contribution in [-0.4, -0.2) is 12.2 Å². The van der Waals surface area contributed by atoms with Crippen molar-refractivity contribution in [2.75, 3.05) is 11.6 Å². The molecule has 1 amide bonds.